The van der Waals surface area contributed by atoms with Gasteiger partial charge >= 0.3 is 5.97 Å². The van der Waals surface area contributed by atoms with Crippen molar-refractivity contribution in [2.24, 2.45) is 46.3 Å². The van der Waals surface area contributed by atoms with Crippen LogP contribution in [-0.2, 0) is 9.53 Å². The van der Waals surface area contributed by atoms with Crippen LogP contribution in [0.1, 0.15) is 92.9 Å². The van der Waals surface area contributed by atoms with Gasteiger partial charge in [0.25, 0.3) is 0 Å². The first-order chi connectivity index (χ1) is 15.9. The van der Waals surface area contributed by atoms with Crippen LogP contribution in [-0.4, -0.2) is 34.5 Å². The fourth-order valence-electron chi connectivity index (χ4n) is 8.98. The average molecular weight is 473 g/mol. The Kier molecular flexibility index (Phi) is 7.17. The first-order valence-corrected chi connectivity index (χ1v) is 13.8. The molecular weight excluding hydrogens is 424 g/mol. The zero-order chi connectivity index (χ0) is 25.0. The number of fused-ring (bicyclic) bond motifs is 5. The van der Waals surface area contributed by atoms with E-state index in [0.29, 0.717) is 42.4 Å². The average Bonchev–Trinajstić information content (AvgIpc) is 3.08. The van der Waals surface area contributed by atoms with Crippen LogP contribution in [0.5, 0.6) is 0 Å². The summed E-state index contributed by atoms with van der Waals surface area (Å²) in [5.41, 5.74) is 2.23. The topological polar surface area (TPSA) is 66.8 Å². The minimum Gasteiger partial charge on any atom is -0.462 e. The van der Waals surface area contributed by atoms with Crippen molar-refractivity contribution >= 4 is 5.97 Å². The number of carbonyl (C=O) groups excluding carboxylic acids is 1. The summed E-state index contributed by atoms with van der Waals surface area (Å²) in [5, 5.41) is 21.6. The van der Waals surface area contributed by atoms with E-state index in [2.05, 4.69) is 47.3 Å². The molecule has 0 bridgehead atoms. The van der Waals surface area contributed by atoms with Crippen LogP contribution in [0.4, 0.5) is 0 Å². The highest BCUT2D eigenvalue weighted by atomic mass is 16.5. The molecule has 3 saturated carbocycles. The van der Waals surface area contributed by atoms with Crippen molar-refractivity contribution in [2.75, 3.05) is 0 Å². The molecule has 0 heterocycles. The lowest BCUT2D eigenvalue weighted by molar-refractivity contribution is -0.186. The molecule has 4 nitrogen and oxygen atoms in total. The Morgan fingerprint density at radius 3 is 2.59 bits per heavy atom. The second-order valence-electron chi connectivity index (χ2n) is 13.0. The Balaban J connectivity index is 1.65. The fourth-order valence-corrected chi connectivity index (χ4v) is 8.98. The van der Waals surface area contributed by atoms with Crippen LogP contribution in [0, 0.1) is 46.3 Å². The molecule has 2 N–H and O–H groups in total. The molecule has 0 amide bonds. The number of hydrogen-bond donors (Lipinski definition) is 2. The van der Waals surface area contributed by atoms with E-state index in [1.54, 1.807) is 0 Å². The Labute approximate surface area is 207 Å². The number of carbonyl (C=O) groups is 1. The third kappa shape index (κ3) is 4.21. The minimum absolute atomic E-state index is 0.117. The van der Waals surface area contributed by atoms with Crippen molar-refractivity contribution in [1.82, 2.24) is 0 Å². The summed E-state index contributed by atoms with van der Waals surface area (Å²) in [6.45, 7) is 17.4. The van der Waals surface area contributed by atoms with Crippen molar-refractivity contribution in [1.29, 1.82) is 0 Å². The predicted molar refractivity (Wildman–Crippen MR) is 136 cm³/mol. The van der Waals surface area contributed by atoms with Gasteiger partial charge in [-0.1, -0.05) is 58.4 Å². The Bertz CT molecular complexity index is 830. The SMILES string of the molecule is C=C(CCC(C)C1CCC2C3CC=C4CC(O)CC(O)C4(C)C3C(OC(C)=O)CC12C)C(C)C. The largest absolute Gasteiger partial charge is 0.462 e. The number of rotatable bonds is 6. The van der Waals surface area contributed by atoms with Crippen LogP contribution in [0.15, 0.2) is 23.8 Å². The molecule has 4 aliphatic rings. The summed E-state index contributed by atoms with van der Waals surface area (Å²) in [5.74, 6) is 2.66. The molecular formula is C30H48O4. The molecule has 10 atom stereocenters. The molecule has 0 radical (unpaired) electrons. The first kappa shape index (κ1) is 25.9. The smallest absolute Gasteiger partial charge is 0.302 e. The van der Waals surface area contributed by atoms with Gasteiger partial charge in [0.15, 0.2) is 0 Å². The van der Waals surface area contributed by atoms with Crippen LogP contribution < -0.4 is 0 Å². The van der Waals surface area contributed by atoms with E-state index < -0.39 is 17.6 Å². The van der Waals surface area contributed by atoms with E-state index in [9.17, 15) is 15.0 Å². The van der Waals surface area contributed by atoms with Gasteiger partial charge in [-0.2, -0.15) is 0 Å². The quantitative estimate of drug-likeness (QED) is 0.364. The molecule has 0 aromatic carbocycles. The number of allylic oxidation sites excluding steroid dienone is 2. The first-order valence-electron chi connectivity index (χ1n) is 13.8. The second kappa shape index (κ2) is 9.39. The van der Waals surface area contributed by atoms with Crippen molar-refractivity contribution in [3.05, 3.63) is 23.8 Å². The highest BCUT2D eigenvalue weighted by Gasteiger charge is 2.64. The monoisotopic (exact) mass is 472 g/mol. The molecule has 4 aliphatic carbocycles. The van der Waals surface area contributed by atoms with Gasteiger partial charge in [-0.15, -0.1) is 0 Å². The summed E-state index contributed by atoms with van der Waals surface area (Å²) >= 11 is 0. The zero-order valence-corrected chi connectivity index (χ0v) is 22.3. The fraction of sp³-hybridized carbons (Fsp3) is 0.833. The van der Waals surface area contributed by atoms with Gasteiger partial charge in [0.2, 0.25) is 0 Å². The molecule has 0 saturated heterocycles. The van der Waals surface area contributed by atoms with E-state index in [0.717, 1.165) is 19.3 Å². The molecule has 10 unspecified atom stereocenters. The Morgan fingerprint density at radius 2 is 1.94 bits per heavy atom. The molecule has 192 valence electrons. The van der Waals surface area contributed by atoms with Crippen molar-refractivity contribution < 1.29 is 19.7 Å². The van der Waals surface area contributed by atoms with Gasteiger partial charge in [0.05, 0.1) is 12.2 Å². The van der Waals surface area contributed by atoms with E-state index in [-0.39, 0.29) is 23.4 Å². The van der Waals surface area contributed by atoms with E-state index >= 15 is 0 Å². The summed E-state index contributed by atoms with van der Waals surface area (Å²) in [7, 11) is 0. The highest BCUT2D eigenvalue weighted by molar-refractivity contribution is 5.66. The third-order valence-corrected chi connectivity index (χ3v) is 10.9. The summed E-state index contributed by atoms with van der Waals surface area (Å²) in [6.07, 6.45) is 8.69. The van der Waals surface area contributed by atoms with E-state index in [1.807, 2.05) is 0 Å². The number of ether oxygens (including phenoxy) is 1. The normalized spacial score (nSPS) is 44.5. The molecule has 4 rings (SSSR count). The minimum atomic E-state index is -0.601. The molecule has 34 heavy (non-hydrogen) atoms. The molecule has 0 aliphatic heterocycles. The summed E-state index contributed by atoms with van der Waals surface area (Å²) in [4.78, 5) is 12.3. The van der Waals surface area contributed by atoms with Gasteiger partial charge < -0.3 is 14.9 Å². The zero-order valence-electron chi connectivity index (χ0n) is 22.3. The summed E-state index contributed by atoms with van der Waals surface area (Å²) in [6, 6.07) is 0. The van der Waals surface area contributed by atoms with E-state index in [1.165, 1.54) is 37.3 Å². The van der Waals surface area contributed by atoms with Crippen molar-refractivity contribution in [3.63, 3.8) is 0 Å². The standard InChI is InChI=1S/C30H48O4/c1-17(2)18(3)8-9-19(4)24-12-13-25-23-11-10-21-14-22(32)15-27(33)30(21,7)28(23)26(34-20(5)31)16-29(24,25)6/h10,17,19,22-28,32-33H,3,8-9,11-16H2,1-2,4-7H3. The van der Waals surface area contributed by atoms with Gasteiger partial charge in [-0.25, -0.2) is 0 Å². The maximum absolute atomic E-state index is 12.3. The Morgan fingerprint density at radius 1 is 1.24 bits per heavy atom. The van der Waals surface area contributed by atoms with Gasteiger partial charge in [0, 0.05) is 24.7 Å². The molecule has 3 fully saturated rings. The molecule has 0 aromatic rings. The Hall–Kier alpha value is -1.13. The van der Waals surface area contributed by atoms with Crippen LogP contribution in [0.2, 0.25) is 0 Å². The van der Waals surface area contributed by atoms with Crippen LogP contribution in [0.3, 0.4) is 0 Å². The lowest BCUT2D eigenvalue weighted by Crippen LogP contribution is -2.61. The van der Waals surface area contributed by atoms with Gasteiger partial charge in [-0.05, 0) is 80.0 Å². The molecule has 4 heteroatoms. The van der Waals surface area contributed by atoms with Crippen LogP contribution in [0.25, 0.3) is 0 Å². The van der Waals surface area contributed by atoms with Crippen molar-refractivity contribution in [3.8, 4) is 0 Å². The maximum atomic E-state index is 12.3. The lowest BCUT2D eigenvalue weighted by atomic mass is 9.45. The number of hydrogen-bond acceptors (Lipinski definition) is 4. The number of esters is 1. The maximum Gasteiger partial charge on any atom is 0.302 e. The van der Waals surface area contributed by atoms with Crippen molar-refractivity contribution in [2.45, 2.75) is 111 Å². The van der Waals surface area contributed by atoms with E-state index in [4.69, 9.17) is 4.74 Å². The van der Waals surface area contributed by atoms with Crippen LogP contribution >= 0.6 is 0 Å². The third-order valence-electron chi connectivity index (χ3n) is 10.9. The predicted octanol–water partition coefficient (Wildman–Crippen LogP) is 6.07. The second-order valence-corrected chi connectivity index (χ2v) is 13.0. The summed E-state index contributed by atoms with van der Waals surface area (Å²) < 4.78 is 6.13. The molecule has 0 spiro atoms. The lowest BCUT2D eigenvalue weighted by Gasteiger charge is -2.61. The van der Waals surface area contributed by atoms with Gasteiger partial charge in [-0.3, -0.25) is 4.79 Å². The molecule has 0 aromatic heterocycles. The number of aliphatic hydroxyl groups excluding tert-OH is 2. The van der Waals surface area contributed by atoms with Gasteiger partial charge in [0.1, 0.15) is 6.10 Å². The number of aliphatic hydroxyl groups is 2. The highest BCUT2D eigenvalue weighted by Crippen LogP contribution is 2.67.